The molecule has 0 radical (unpaired) electrons. The smallest absolute Gasteiger partial charge is 0.237 e. The van der Waals surface area contributed by atoms with Crippen LogP contribution in [-0.2, 0) is 11.2 Å². The highest BCUT2D eigenvalue weighted by Gasteiger charge is 2.21. The molecule has 2 aromatic rings. The van der Waals surface area contributed by atoms with E-state index in [2.05, 4.69) is 20.8 Å². The number of benzene rings is 1. The second kappa shape index (κ2) is 8.67. The first kappa shape index (κ1) is 19.0. The van der Waals surface area contributed by atoms with Crippen molar-refractivity contribution in [3.8, 4) is 11.4 Å². The first-order valence-electron chi connectivity index (χ1n) is 7.43. The molecule has 1 aromatic carbocycles. The topological polar surface area (TPSA) is 80.1 Å². The van der Waals surface area contributed by atoms with Gasteiger partial charge in [-0.05, 0) is 31.5 Å². The molecule has 24 heavy (non-hydrogen) atoms. The highest BCUT2D eigenvalue weighted by molar-refractivity contribution is 6.38. The van der Waals surface area contributed by atoms with Crippen LogP contribution >= 0.6 is 35.6 Å². The third kappa shape index (κ3) is 4.39. The van der Waals surface area contributed by atoms with Crippen molar-refractivity contribution in [2.24, 2.45) is 0 Å². The molecule has 1 atom stereocenters. The van der Waals surface area contributed by atoms with Crippen molar-refractivity contribution in [2.75, 3.05) is 13.1 Å². The Kier molecular flexibility index (Phi) is 6.86. The number of halogens is 3. The normalized spacial score (nSPS) is 16.7. The van der Waals surface area contributed by atoms with Gasteiger partial charge in [-0.3, -0.25) is 4.79 Å². The molecule has 1 saturated heterocycles. The Morgan fingerprint density at radius 2 is 2.12 bits per heavy atom. The van der Waals surface area contributed by atoms with Gasteiger partial charge in [0.15, 0.2) is 0 Å². The van der Waals surface area contributed by atoms with Gasteiger partial charge in [0, 0.05) is 13.0 Å². The van der Waals surface area contributed by atoms with Crippen molar-refractivity contribution in [1.29, 1.82) is 0 Å². The van der Waals surface area contributed by atoms with E-state index in [1.54, 1.807) is 18.2 Å². The molecule has 1 unspecified atom stereocenters. The minimum Gasteiger partial charge on any atom is -0.354 e. The summed E-state index contributed by atoms with van der Waals surface area (Å²) in [5.74, 6) is 0.784. The summed E-state index contributed by atoms with van der Waals surface area (Å²) in [5.41, 5.74) is 0.546. The van der Waals surface area contributed by atoms with E-state index in [0.29, 0.717) is 40.3 Å². The Morgan fingerprint density at radius 3 is 2.79 bits per heavy atom. The van der Waals surface area contributed by atoms with Gasteiger partial charge in [-0.15, -0.1) is 12.4 Å². The van der Waals surface area contributed by atoms with Crippen molar-refractivity contribution in [3.05, 3.63) is 34.1 Å². The van der Waals surface area contributed by atoms with Crippen LogP contribution in [-0.4, -0.2) is 35.2 Å². The van der Waals surface area contributed by atoms with E-state index < -0.39 is 0 Å². The second-order valence-corrected chi connectivity index (χ2v) is 6.11. The highest BCUT2D eigenvalue weighted by Crippen LogP contribution is 2.32. The molecule has 1 aromatic heterocycles. The van der Waals surface area contributed by atoms with Crippen LogP contribution in [0.4, 0.5) is 0 Å². The minimum absolute atomic E-state index is 0. The lowest BCUT2D eigenvalue weighted by molar-refractivity contribution is -0.122. The van der Waals surface area contributed by atoms with Crippen LogP contribution in [0.5, 0.6) is 0 Å². The molecule has 2 N–H and O–H groups in total. The first-order chi connectivity index (χ1) is 11.1. The van der Waals surface area contributed by atoms with E-state index in [1.165, 1.54) is 0 Å². The fourth-order valence-electron chi connectivity index (χ4n) is 2.49. The number of carbonyl (C=O) groups excluding carboxylic acids is 1. The standard InChI is InChI=1S/C15H16Cl2N4O2.ClH/c16-9-3-1-4-10(17)13(9)14-20-12(23-21-14)6-8-19-15(22)11-5-2-7-18-11;/h1,3-4,11,18H,2,5-8H2,(H,19,22);1H. The van der Waals surface area contributed by atoms with Crippen LogP contribution in [0.15, 0.2) is 22.7 Å². The summed E-state index contributed by atoms with van der Waals surface area (Å²) in [6, 6.07) is 5.10. The van der Waals surface area contributed by atoms with E-state index in [4.69, 9.17) is 27.7 Å². The zero-order valence-electron chi connectivity index (χ0n) is 12.7. The summed E-state index contributed by atoms with van der Waals surface area (Å²) in [6.45, 7) is 1.33. The van der Waals surface area contributed by atoms with Crippen molar-refractivity contribution in [3.63, 3.8) is 0 Å². The predicted octanol–water partition coefficient (Wildman–Crippen LogP) is 2.88. The van der Waals surface area contributed by atoms with E-state index in [1.807, 2.05) is 0 Å². The molecule has 6 nitrogen and oxygen atoms in total. The van der Waals surface area contributed by atoms with Crippen LogP contribution < -0.4 is 10.6 Å². The molecule has 130 valence electrons. The average Bonchev–Trinajstić information content (AvgIpc) is 3.18. The van der Waals surface area contributed by atoms with Gasteiger partial charge in [0.05, 0.1) is 21.7 Å². The molecule has 9 heteroatoms. The number of hydrogen-bond donors (Lipinski definition) is 2. The van der Waals surface area contributed by atoms with Crippen molar-refractivity contribution in [1.82, 2.24) is 20.8 Å². The third-order valence-corrected chi connectivity index (χ3v) is 4.30. The zero-order valence-corrected chi connectivity index (χ0v) is 15.0. The Hall–Kier alpha value is -1.34. The summed E-state index contributed by atoms with van der Waals surface area (Å²) < 4.78 is 5.19. The molecule has 1 fully saturated rings. The number of carbonyl (C=O) groups is 1. The lowest BCUT2D eigenvalue weighted by atomic mass is 10.2. The lowest BCUT2D eigenvalue weighted by Gasteiger charge is -2.09. The second-order valence-electron chi connectivity index (χ2n) is 5.30. The van der Waals surface area contributed by atoms with Gasteiger partial charge in [0.25, 0.3) is 0 Å². The molecule has 1 aliphatic rings. The van der Waals surface area contributed by atoms with Crippen LogP contribution in [0.2, 0.25) is 10.0 Å². The average molecular weight is 392 g/mol. The Balaban J connectivity index is 0.00000208. The number of nitrogens with zero attached hydrogens (tertiary/aromatic N) is 2. The SMILES string of the molecule is Cl.O=C(NCCc1nc(-c2c(Cl)cccc2Cl)no1)C1CCCN1. The molecule has 0 spiro atoms. The summed E-state index contributed by atoms with van der Waals surface area (Å²) in [6.07, 6.45) is 2.36. The van der Waals surface area contributed by atoms with Gasteiger partial charge in [-0.2, -0.15) is 4.98 Å². The van der Waals surface area contributed by atoms with E-state index >= 15 is 0 Å². The molecular formula is C15H17Cl3N4O2. The maximum atomic E-state index is 11.9. The van der Waals surface area contributed by atoms with Crippen molar-refractivity contribution >= 4 is 41.5 Å². The fraction of sp³-hybridized carbons (Fsp3) is 0.400. The van der Waals surface area contributed by atoms with E-state index in [-0.39, 0.29) is 24.4 Å². The maximum absolute atomic E-state index is 11.9. The summed E-state index contributed by atoms with van der Waals surface area (Å²) in [4.78, 5) is 16.2. The quantitative estimate of drug-likeness (QED) is 0.819. The Bertz CT molecular complexity index is 682. The third-order valence-electron chi connectivity index (χ3n) is 3.67. The number of aromatic nitrogens is 2. The van der Waals surface area contributed by atoms with Gasteiger partial charge in [0.1, 0.15) is 0 Å². The summed E-state index contributed by atoms with van der Waals surface area (Å²) in [5, 5.41) is 10.8. The number of rotatable bonds is 5. The van der Waals surface area contributed by atoms with Crippen LogP contribution in [0, 0.1) is 0 Å². The molecule has 0 bridgehead atoms. The highest BCUT2D eigenvalue weighted by atomic mass is 35.5. The molecule has 1 aliphatic heterocycles. The van der Waals surface area contributed by atoms with E-state index in [0.717, 1.165) is 19.4 Å². The van der Waals surface area contributed by atoms with Gasteiger partial charge in [-0.1, -0.05) is 34.4 Å². The minimum atomic E-state index is -0.0878. The number of hydrogen-bond acceptors (Lipinski definition) is 5. The molecule has 1 amide bonds. The van der Waals surface area contributed by atoms with Gasteiger partial charge in [-0.25, -0.2) is 0 Å². The molecule has 2 heterocycles. The van der Waals surface area contributed by atoms with Gasteiger partial charge < -0.3 is 15.2 Å². The number of nitrogens with one attached hydrogen (secondary N) is 2. The summed E-state index contributed by atoms with van der Waals surface area (Å²) >= 11 is 12.2. The predicted molar refractivity (Wildman–Crippen MR) is 94.7 cm³/mol. The van der Waals surface area contributed by atoms with Crippen molar-refractivity contribution < 1.29 is 9.32 Å². The molecule has 0 saturated carbocycles. The fourth-order valence-corrected chi connectivity index (χ4v) is 3.06. The largest absolute Gasteiger partial charge is 0.354 e. The Labute approximate surface area is 155 Å². The number of amides is 1. The first-order valence-corrected chi connectivity index (χ1v) is 8.19. The van der Waals surface area contributed by atoms with Gasteiger partial charge in [0.2, 0.25) is 17.6 Å². The Morgan fingerprint density at radius 1 is 1.38 bits per heavy atom. The van der Waals surface area contributed by atoms with Crippen molar-refractivity contribution in [2.45, 2.75) is 25.3 Å². The molecule has 3 rings (SSSR count). The maximum Gasteiger partial charge on any atom is 0.237 e. The lowest BCUT2D eigenvalue weighted by Crippen LogP contribution is -2.41. The zero-order chi connectivity index (χ0) is 16.2. The van der Waals surface area contributed by atoms with Crippen LogP contribution in [0.25, 0.3) is 11.4 Å². The summed E-state index contributed by atoms with van der Waals surface area (Å²) in [7, 11) is 0. The van der Waals surface area contributed by atoms with Gasteiger partial charge >= 0.3 is 0 Å². The van der Waals surface area contributed by atoms with E-state index in [9.17, 15) is 4.79 Å². The molecular weight excluding hydrogens is 375 g/mol. The van der Waals surface area contributed by atoms with Crippen LogP contribution in [0.3, 0.4) is 0 Å². The van der Waals surface area contributed by atoms with Crippen LogP contribution in [0.1, 0.15) is 18.7 Å². The monoisotopic (exact) mass is 390 g/mol. The molecule has 0 aliphatic carbocycles.